The predicted molar refractivity (Wildman–Crippen MR) is 111 cm³/mol. The summed E-state index contributed by atoms with van der Waals surface area (Å²) < 4.78 is 5.21. The molecule has 28 heavy (non-hydrogen) atoms. The molecule has 1 unspecified atom stereocenters. The Bertz CT molecular complexity index is 776. The molecule has 150 valence electrons. The third kappa shape index (κ3) is 6.09. The van der Waals surface area contributed by atoms with Gasteiger partial charge >= 0.3 is 0 Å². The fourth-order valence-electron chi connectivity index (χ4n) is 3.61. The maximum atomic E-state index is 12.5. The third-order valence-corrected chi connectivity index (χ3v) is 6.06. The first-order chi connectivity index (χ1) is 13.6. The second-order valence-electron chi connectivity index (χ2n) is 7.27. The molecule has 1 saturated heterocycles. The molecule has 1 aromatic heterocycles. The molecule has 1 N–H and O–H groups in total. The molecule has 6 heteroatoms. The summed E-state index contributed by atoms with van der Waals surface area (Å²) >= 11 is 1.63. The molecule has 0 aliphatic carbocycles. The van der Waals surface area contributed by atoms with E-state index in [1.165, 1.54) is 0 Å². The van der Waals surface area contributed by atoms with E-state index in [-0.39, 0.29) is 11.8 Å². The van der Waals surface area contributed by atoms with E-state index < -0.39 is 0 Å². The number of ether oxygens (including phenoxy) is 1. The van der Waals surface area contributed by atoms with E-state index in [2.05, 4.69) is 5.32 Å². The van der Waals surface area contributed by atoms with Gasteiger partial charge in [-0.05, 0) is 54.3 Å². The van der Waals surface area contributed by atoms with Crippen molar-refractivity contribution in [2.24, 2.45) is 5.92 Å². The van der Waals surface area contributed by atoms with Crippen molar-refractivity contribution in [2.75, 3.05) is 20.2 Å². The number of carbonyl (C=O) groups is 2. The summed E-state index contributed by atoms with van der Waals surface area (Å²) in [7, 11) is 1.64. The molecular weight excluding hydrogens is 372 g/mol. The van der Waals surface area contributed by atoms with E-state index >= 15 is 0 Å². The number of piperidine rings is 1. The number of nitrogens with one attached hydrogen (secondary N) is 1. The van der Waals surface area contributed by atoms with Gasteiger partial charge in [-0.3, -0.25) is 9.59 Å². The summed E-state index contributed by atoms with van der Waals surface area (Å²) in [4.78, 5) is 27.8. The van der Waals surface area contributed by atoms with Gasteiger partial charge in [0.05, 0.1) is 13.5 Å². The fraction of sp³-hybridized carbons (Fsp3) is 0.455. The van der Waals surface area contributed by atoms with Gasteiger partial charge in [0.25, 0.3) is 0 Å². The quantitative estimate of drug-likeness (QED) is 0.736. The third-order valence-electron chi connectivity index (χ3n) is 5.18. The van der Waals surface area contributed by atoms with Gasteiger partial charge in [-0.2, -0.15) is 0 Å². The topological polar surface area (TPSA) is 58.6 Å². The molecule has 1 atom stereocenters. The highest BCUT2D eigenvalue weighted by Gasteiger charge is 2.24. The molecule has 0 radical (unpaired) electrons. The number of hydrogen-bond acceptors (Lipinski definition) is 4. The average Bonchev–Trinajstić information content (AvgIpc) is 3.24. The molecule has 1 fully saturated rings. The summed E-state index contributed by atoms with van der Waals surface area (Å²) in [5, 5.41) is 4.99. The summed E-state index contributed by atoms with van der Waals surface area (Å²) in [6, 6.07) is 11.7. The van der Waals surface area contributed by atoms with Crippen molar-refractivity contribution < 1.29 is 14.3 Å². The fourth-order valence-corrected chi connectivity index (χ4v) is 4.30. The summed E-state index contributed by atoms with van der Waals surface area (Å²) in [6.45, 7) is 2.11. The molecule has 5 nitrogen and oxygen atoms in total. The Hall–Kier alpha value is -2.34. The highest BCUT2D eigenvalue weighted by Crippen LogP contribution is 2.22. The molecule has 2 heterocycles. The van der Waals surface area contributed by atoms with Gasteiger partial charge < -0.3 is 15.0 Å². The molecule has 2 aromatic rings. The Morgan fingerprint density at radius 2 is 2.18 bits per heavy atom. The first kappa shape index (κ1) is 20.4. The normalized spacial score (nSPS) is 16.6. The van der Waals surface area contributed by atoms with Gasteiger partial charge in [-0.25, -0.2) is 0 Å². The van der Waals surface area contributed by atoms with Crippen molar-refractivity contribution >= 4 is 23.2 Å². The van der Waals surface area contributed by atoms with Crippen LogP contribution >= 0.6 is 11.3 Å². The minimum Gasteiger partial charge on any atom is -0.497 e. The molecule has 1 aromatic carbocycles. The molecule has 0 saturated carbocycles. The Kier molecular flexibility index (Phi) is 7.48. The van der Waals surface area contributed by atoms with E-state index in [1.807, 2.05) is 46.7 Å². The second-order valence-corrected chi connectivity index (χ2v) is 8.30. The SMILES string of the molecule is COc1cccc(CNC(=O)CCC2CCCN(C(=O)Cc3cccs3)C2)c1. The van der Waals surface area contributed by atoms with Crippen LogP contribution in [0.1, 0.15) is 36.1 Å². The van der Waals surface area contributed by atoms with Crippen LogP contribution in [0.15, 0.2) is 41.8 Å². The van der Waals surface area contributed by atoms with Gasteiger partial charge in [0.2, 0.25) is 11.8 Å². The Morgan fingerprint density at radius 3 is 2.96 bits per heavy atom. The first-order valence-corrected chi connectivity index (χ1v) is 10.7. The van der Waals surface area contributed by atoms with Crippen molar-refractivity contribution in [3.63, 3.8) is 0 Å². The average molecular weight is 401 g/mol. The Morgan fingerprint density at radius 1 is 1.29 bits per heavy atom. The van der Waals surface area contributed by atoms with Gasteiger partial charge in [-0.1, -0.05) is 18.2 Å². The lowest BCUT2D eigenvalue weighted by atomic mass is 9.93. The van der Waals surface area contributed by atoms with Crippen LogP contribution in [-0.4, -0.2) is 36.9 Å². The number of likely N-dealkylation sites (tertiary alicyclic amines) is 1. The number of rotatable bonds is 8. The zero-order chi connectivity index (χ0) is 19.8. The van der Waals surface area contributed by atoms with Crippen LogP contribution in [0, 0.1) is 5.92 Å². The van der Waals surface area contributed by atoms with Crippen LogP contribution in [0.25, 0.3) is 0 Å². The number of thiophene rings is 1. The van der Waals surface area contributed by atoms with Gasteiger partial charge in [0.1, 0.15) is 5.75 Å². The standard InChI is InChI=1S/C22H28N2O3S/c1-27-19-7-2-5-18(13-19)15-23-21(25)10-9-17-6-3-11-24(16-17)22(26)14-20-8-4-12-28-20/h2,4-5,7-8,12-13,17H,3,6,9-11,14-16H2,1H3,(H,23,25). The van der Waals surface area contributed by atoms with Crippen LogP contribution in [0.5, 0.6) is 5.75 Å². The van der Waals surface area contributed by atoms with E-state index in [0.29, 0.717) is 25.3 Å². The predicted octanol–water partition coefficient (Wildman–Crippen LogP) is 3.63. The maximum absolute atomic E-state index is 12.5. The summed E-state index contributed by atoms with van der Waals surface area (Å²) in [6.07, 6.45) is 3.93. The number of methoxy groups -OCH3 is 1. The summed E-state index contributed by atoms with van der Waals surface area (Å²) in [5.41, 5.74) is 1.02. The largest absolute Gasteiger partial charge is 0.497 e. The van der Waals surface area contributed by atoms with Crippen molar-refractivity contribution in [2.45, 2.75) is 38.6 Å². The molecule has 2 amide bonds. The van der Waals surface area contributed by atoms with Crippen molar-refractivity contribution in [1.29, 1.82) is 0 Å². The lowest BCUT2D eigenvalue weighted by molar-refractivity contribution is -0.132. The molecule has 0 bridgehead atoms. The Labute approximate surface area is 170 Å². The monoisotopic (exact) mass is 400 g/mol. The molecule has 1 aliphatic rings. The molecule has 3 rings (SSSR count). The van der Waals surface area contributed by atoms with E-state index in [0.717, 1.165) is 48.5 Å². The smallest absolute Gasteiger partial charge is 0.227 e. The van der Waals surface area contributed by atoms with Crippen LogP contribution < -0.4 is 10.1 Å². The van der Waals surface area contributed by atoms with Gasteiger partial charge in [0, 0.05) is 30.9 Å². The van der Waals surface area contributed by atoms with Crippen LogP contribution in [0.2, 0.25) is 0 Å². The molecule has 1 aliphatic heterocycles. The minimum atomic E-state index is 0.0601. The van der Waals surface area contributed by atoms with Crippen molar-refractivity contribution in [1.82, 2.24) is 10.2 Å². The van der Waals surface area contributed by atoms with E-state index in [9.17, 15) is 9.59 Å². The zero-order valence-corrected chi connectivity index (χ0v) is 17.2. The number of nitrogens with zero attached hydrogens (tertiary/aromatic N) is 1. The van der Waals surface area contributed by atoms with E-state index in [4.69, 9.17) is 4.74 Å². The summed E-state index contributed by atoms with van der Waals surface area (Å²) in [5.74, 6) is 1.46. The van der Waals surface area contributed by atoms with E-state index in [1.54, 1.807) is 18.4 Å². The number of carbonyl (C=O) groups excluding carboxylic acids is 2. The highest BCUT2D eigenvalue weighted by atomic mass is 32.1. The highest BCUT2D eigenvalue weighted by molar-refractivity contribution is 7.10. The van der Waals surface area contributed by atoms with Crippen molar-refractivity contribution in [3.8, 4) is 5.75 Å². The number of hydrogen-bond donors (Lipinski definition) is 1. The lowest BCUT2D eigenvalue weighted by Crippen LogP contribution is -2.41. The first-order valence-electron chi connectivity index (χ1n) is 9.84. The number of amides is 2. The van der Waals surface area contributed by atoms with Crippen LogP contribution in [0.3, 0.4) is 0 Å². The number of benzene rings is 1. The van der Waals surface area contributed by atoms with Crippen LogP contribution in [-0.2, 0) is 22.6 Å². The van der Waals surface area contributed by atoms with Gasteiger partial charge in [-0.15, -0.1) is 11.3 Å². The van der Waals surface area contributed by atoms with Crippen LogP contribution in [0.4, 0.5) is 0 Å². The van der Waals surface area contributed by atoms with Gasteiger partial charge in [0.15, 0.2) is 0 Å². The minimum absolute atomic E-state index is 0.0601. The van der Waals surface area contributed by atoms with Crippen molar-refractivity contribution in [3.05, 3.63) is 52.2 Å². The maximum Gasteiger partial charge on any atom is 0.227 e. The molecule has 0 spiro atoms. The second kappa shape index (κ2) is 10.3. The Balaban J connectivity index is 1.39. The zero-order valence-electron chi connectivity index (χ0n) is 16.4. The molecular formula is C22H28N2O3S. The lowest BCUT2D eigenvalue weighted by Gasteiger charge is -2.32.